The van der Waals surface area contributed by atoms with Gasteiger partial charge in [-0.1, -0.05) is 57.7 Å². The van der Waals surface area contributed by atoms with Crippen molar-refractivity contribution >= 4 is 5.57 Å². The molecule has 0 bridgehead atoms. The zero-order valence-corrected chi connectivity index (χ0v) is 24.2. The van der Waals surface area contributed by atoms with Gasteiger partial charge in [0.25, 0.3) is 0 Å². The van der Waals surface area contributed by atoms with E-state index < -0.39 is 0 Å². The number of hydrogen-bond donors (Lipinski definition) is 0. The van der Waals surface area contributed by atoms with Crippen LogP contribution in [0.5, 0.6) is 0 Å². The zero-order valence-electron chi connectivity index (χ0n) is 24.2. The Morgan fingerprint density at radius 3 is 2.62 bits per heavy atom. The van der Waals surface area contributed by atoms with Crippen LogP contribution >= 0.6 is 0 Å². The first-order chi connectivity index (χ1) is 18.8. The summed E-state index contributed by atoms with van der Waals surface area (Å²) >= 11 is 0. The Labute approximate surface area is 242 Å². The van der Waals surface area contributed by atoms with Gasteiger partial charge in [0.15, 0.2) is 0 Å². The van der Waals surface area contributed by atoms with Crippen LogP contribution in [0.1, 0.15) is 91.7 Å². The molecule has 7 aliphatic rings. The lowest BCUT2D eigenvalue weighted by atomic mass is 9.43. The number of pyridine rings is 1. The fourth-order valence-electron chi connectivity index (χ4n) is 12.6. The zero-order chi connectivity index (χ0) is 26.9. The van der Waals surface area contributed by atoms with Gasteiger partial charge in [-0.15, -0.1) is 0 Å². The normalized spacial score (nSPS) is 47.6. The monoisotopic (exact) mass is 532 g/mol. The highest BCUT2D eigenvalue weighted by molar-refractivity contribution is 5.83. The van der Waals surface area contributed by atoms with E-state index in [4.69, 9.17) is 11.6 Å². The molecule has 5 saturated carbocycles. The molecule has 8 rings (SSSR count). The fourth-order valence-corrected chi connectivity index (χ4v) is 12.6. The Hall–Kier alpha value is -2.40. The van der Waals surface area contributed by atoms with Crippen molar-refractivity contribution in [1.29, 1.82) is 5.26 Å². The lowest BCUT2D eigenvalue weighted by Crippen LogP contribution is -2.54. The summed E-state index contributed by atoms with van der Waals surface area (Å²) in [6.07, 6.45) is 15.8. The van der Waals surface area contributed by atoms with Gasteiger partial charge in [0, 0.05) is 11.6 Å². The van der Waals surface area contributed by atoms with Crippen molar-refractivity contribution in [3.8, 4) is 6.07 Å². The minimum absolute atomic E-state index is 0. The second kappa shape index (κ2) is 8.56. The molecule has 1 heterocycles. The van der Waals surface area contributed by atoms with Gasteiger partial charge in [-0.3, -0.25) is 4.98 Å². The molecule has 5 fully saturated rings. The molecule has 1 aromatic rings. The van der Waals surface area contributed by atoms with Gasteiger partial charge >= 0.3 is 0 Å². The number of rotatable bonds is 4. The average molecular weight is 533 g/mol. The van der Waals surface area contributed by atoms with Crippen LogP contribution < -0.4 is 0 Å². The van der Waals surface area contributed by atoms with Crippen LogP contribution in [0, 0.1) is 74.9 Å². The first-order valence-electron chi connectivity index (χ1n) is 15.8. The molecule has 2 nitrogen and oxygen atoms in total. The van der Waals surface area contributed by atoms with Crippen LogP contribution in [-0.2, 0) is 0 Å². The van der Waals surface area contributed by atoms with E-state index in [-0.39, 0.29) is 12.8 Å². The molecule has 0 saturated heterocycles. The lowest BCUT2D eigenvalue weighted by molar-refractivity contribution is -0.0854. The van der Waals surface area contributed by atoms with E-state index in [1.165, 1.54) is 72.8 Å². The second-order valence-electron chi connectivity index (χ2n) is 15.2. The third-order valence-electron chi connectivity index (χ3n) is 14.3. The summed E-state index contributed by atoms with van der Waals surface area (Å²) in [4.78, 5) is 4.79. The van der Waals surface area contributed by atoms with Gasteiger partial charge < -0.3 is 0 Å². The smallest absolute Gasteiger partial charge is 0.0701 e. The Kier molecular flexibility index (Phi) is 5.67. The van der Waals surface area contributed by atoms with Crippen LogP contribution in [0.4, 0.5) is 0 Å². The molecule has 2 heteroatoms. The second-order valence-corrected chi connectivity index (χ2v) is 15.2. The van der Waals surface area contributed by atoms with Crippen molar-refractivity contribution < 1.29 is 0 Å². The van der Waals surface area contributed by atoms with Gasteiger partial charge in [-0.25, -0.2) is 0 Å². The van der Waals surface area contributed by atoms with Gasteiger partial charge in [0.05, 0.1) is 18.2 Å². The Morgan fingerprint density at radius 2 is 1.90 bits per heavy atom. The lowest BCUT2D eigenvalue weighted by Gasteiger charge is -2.60. The van der Waals surface area contributed by atoms with Gasteiger partial charge in [0.2, 0.25) is 0 Å². The van der Waals surface area contributed by atoms with E-state index in [0.29, 0.717) is 23.2 Å². The van der Waals surface area contributed by atoms with Crippen molar-refractivity contribution in [1.82, 2.24) is 4.98 Å². The number of allylic oxidation sites excluding steroid dienone is 6. The van der Waals surface area contributed by atoms with E-state index >= 15 is 0 Å². The maximum Gasteiger partial charge on any atom is 0.0701 e. The van der Waals surface area contributed by atoms with Crippen molar-refractivity contribution in [3.05, 3.63) is 71.6 Å². The predicted octanol–water partition coefficient (Wildman–Crippen LogP) is 9.59. The molecule has 0 amide bonds. The Balaban J connectivity index is 0.00000264. The maximum absolute atomic E-state index is 9.27. The highest BCUT2D eigenvalue weighted by Crippen LogP contribution is 2.98. The largest absolute Gasteiger partial charge is 0.256 e. The summed E-state index contributed by atoms with van der Waals surface area (Å²) in [5.74, 6) is 6.73. The molecule has 40 heavy (non-hydrogen) atoms. The van der Waals surface area contributed by atoms with Crippen molar-refractivity contribution in [3.63, 3.8) is 0 Å². The molecule has 7 aliphatic carbocycles. The van der Waals surface area contributed by atoms with Crippen LogP contribution in [0.2, 0.25) is 0 Å². The minimum atomic E-state index is 0. The van der Waals surface area contributed by atoms with Gasteiger partial charge in [-0.2, -0.15) is 5.26 Å². The van der Waals surface area contributed by atoms with E-state index in [1.54, 1.807) is 0 Å². The maximum atomic E-state index is 9.27. The molecule has 0 aliphatic heterocycles. The molecule has 11 unspecified atom stereocenters. The number of fused-ring (bicyclic) bond motifs is 6. The molecule has 11 atom stereocenters. The number of hydrogen-bond acceptors (Lipinski definition) is 2. The molecular weight excluding hydrogens is 484 g/mol. The first-order valence-corrected chi connectivity index (χ1v) is 15.8. The van der Waals surface area contributed by atoms with Crippen LogP contribution in [0.3, 0.4) is 0 Å². The topological polar surface area (TPSA) is 36.7 Å². The summed E-state index contributed by atoms with van der Waals surface area (Å²) in [6.45, 7) is 16.9. The molecule has 1 aromatic heterocycles. The summed E-state index contributed by atoms with van der Waals surface area (Å²) < 4.78 is 0. The molecule has 210 valence electrons. The molecular formula is C38H48N2. The third-order valence-corrected chi connectivity index (χ3v) is 14.3. The van der Waals surface area contributed by atoms with Gasteiger partial charge in [-0.05, 0) is 145 Å². The highest BCUT2D eigenvalue weighted by Gasteiger charge is 2.94. The Morgan fingerprint density at radius 1 is 1.07 bits per heavy atom. The SMILES string of the molecule is C.C=C1CC(CC2CCC3C4CC5C6C7C=C(c8ccccn8)C(=C)C(C)(C4CCC23C)C756)CC(C)=C1CC#N. The average Bonchev–Trinajstić information content (AvgIpc) is 3.76. The molecule has 0 radical (unpaired) electrons. The highest BCUT2D eigenvalue weighted by atomic mass is 15.0. The summed E-state index contributed by atoms with van der Waals surface area (Å²) in [5, 5.41) is 9.27. The summed E-state index contributed by atoms with van der Waals surface area (Å²) in [5.41, 5.74) is 9.14. The van der Waals surface area contributed by atoms with Crippen molar-refractivity contribution in [2.75, 3.05) is 0 Å². The number of nitriles is 1. The van der Waals surface area contributed by atoms with Crippen molar-refractivity contribution in [2.45, 2.75) is 86.0 Å². The minimum Gasteiger partial charge on any atom is -0.256 e. The molecule has 0 N–H and O–H groups in total. The van der Waals surface area contributed by atoms with E-state index in [9.17, 15) is 5.26 Å². The van der Waals surface area contributed by atoms with Crippen LogP contribution in [0.15, 0.2) is 65.9 Å². The van der Waals surface area contributed by atoms with E-state index in [1.807, 2.05) is 12.3 Å². The number of nitrogens with zero attached hydrogens (tertiary/aromatic N) is 2. The standard InChI is InChI=1S/C37H44N2.CH4/c1-21-16-24(17-22(2)26(21)12-14-38)18-25-9-10-29-28-20-32-34-31-19-27(33-8-6-7-15-39-33)23(3)36(5,37(31,32)34)30(28)11-13-35(25,29)4;/h6-8,15,19,24-25,28-32,34H,1,3,9-13,16-18,20H2,2,4-5H3;1H4. The quantitative estimate of drug-likeness (QED) is 0.387. The van der Waals surface area contributed by atoms with E-state index in [0.717, 1.165) is 53.5 Å². The van der Waals surface area contributed by atoms with Crippen LogP contribution in [0.25, 0.3) is 5.57 Å². The fraction of sp³-hybridized carbons (Fsp3) is 0.632. The third kappa shape index (κ3) is 3.03. The summed E-state index contributed by atoms with van der Waals surface area (Å²) in [7, 11) is 0. The van der Waals surface area contributed by atoms with Crippen LogP contribution in [-0.4, -0.2) is 4.98 Å². The van der Waals surface area contributed by atoms with E-state index in [2.05, 4.69) is 51.6 Å². The number of aromatic nitrogens is 1. The Bertz CT molecular complexity index is 1390. The molecule has 1 spiro atoms. The predicted molar refractivity (Wildman–Crippen MR) is 164 cm³/mol. The van der Waals surface area contributed by atoms with Gasteiger partial charge in [0.1, 0.15) is 0 Å². The van der Waals surface area contributed by atoms with Crippen molar-refractivity contribution in [2.24, 2.45) is 63.6 Å². The first kappa shape index (κ1) is 26.5. The summed E-state index contributed by atoms with van der Waals surface area (Å²) in [6, 6.07) is 8.74. The molecule has 0 aromatic carbocycles.